The van der Waals surface area contributed by atoms with Gasteiger partial charge in [-0.1, -0.05) is 48.1 Å². The summed E-state index contributed by atoms with van der Waals surface area (Å²) in [5.74, 6) is -0.445. The van der Waals surface area contributed by atoms with Gasteiger partial charge >= 0.3 is 5.97 Å². The van der Waals surface area contributed by atoms with Crippen molar-refractivity contribution in [3.05, 3.63) is 27.2 Å². The molecule has 0 radical (unpaired) electrons. The van der Waals surface area contributed by atoms with Crippen molar-refractivity contribution in [2.75, 3.05) is 12.0 Å². The van der Waals surface area contributed by atoms with Crippen LogP contribution in [0.25, 0.3) is 0 Å². The number of hydrazone groups is 1. The molecule has 0 bridgehead atoms. The Bertz CT molecular complexity index is 510. The van der Waals surface area contributed by atoms with Gasteiger partial charge in [0.25, 0.3) is 0 Å². The summed E-state index contributed by atoms with van der Waals surface area (Å²) < 4.78 is 4.97. The molecule has 21 heavy (non-hydrogen) atoms. The van der Waals surface area contributed by atoms with E-state index in [4.69, 9.17) is 39.5 Å². The minimum atomic E-state index is -0.445. The molecule has 4 nitrogen and oxygen atoms in total. The molecule has 1 N–H and O–H groups in total. The topological polar surface area (TPSA) is 50.7 Å². The third-order valence-electron chi connectivity index (χ3n) is 2.59. The summed E-state index contributed by atoms with van der Waals surface area (Å²) in [6.45, 7) is 4.07. The monoisotopic (exact) mass is 350 g/mol. The Morgan fingerprint density at radius 2 is 1.86 bits per heavy atom. The summed E-state index contributed by atoms with van der Waals surface area (Å²) in [5.41, 5.74) is 3.43. The lowest BCUT2D eigenvalue weighted by Gasteiger charge is -2.09. The van der Waals surface area contributed by atoms with E-state index in [1.165, 1.54) is 0 Å². The number of nitrogens with one attached hydrogen (secondary N) is 1. The molecule has 116 valence electrons. The largest absolute Gasteiger partial charge is 0.461 e. The Balaban J connectivity index is 2.93. The van der Waals surface area contributed by atoms with Gasteiger partial charge in [0.1, 0.15) is 5.71 Å². The number of hydrogen-bond acceptors (Lipinski definition) is 4. The molecular formula is C14H17Cl3N2O2. The first-order valence-electron chi connectivity index (χ1n) is 6.63. The molecule has 0 unspecified atom stereocenters. The number of anilines is 1. The van der Waals surface area contributed by atoms with Crippen molar-refractivity contribution in [2.45, 2.75) is 33.1 Å². The summed E-state index contributed by atoms with van der Waals surface area (Å²) in [5, 5.41) is 5.17. The van der Waals surface area contributed by atoms with Gasteiger partial charge in [0.2, 0.25) is 0 Å². The van der Waals surface area contributed by atoms with E-state index in [1.807, 2.05) is 6.92 Å². The minimum Gasteiger partial charge on any atom is -0.461 e. The van der Waals surface area contributed by atoms with E-state index in [0.29, 0.717) is 39.5 Å². The fourth-order valence-electron chi connectivity index (χ4n) is 1.53. The van der Waals surface area contributed by atoms with E-state index in [2.05, 4.69) is 10.5 Å². The van der Waals surface area contributed by atoms with Gasteiger partial charge in [-0.15, -0.1) is 0 Å². The third kappa shape index (κ3) is 5.73. The first-order chi connectivity index (χ1) is 9.99. The van der Waals surface area contributed by atoms with Gasteiger partial charge in [0.05, 0.1) is 22.3 Å². The number of hydrogen-bond donors (Lipinski definition) is 1. The van der Waals surface area contributed by atoms with Gasteiger partial charge in [-0.3, -0.25) is 5.43 Å². The highest BCUT2D eigenvalue weighted by atomic mass is 35.5. The molecule has 0 saturated carbocycles. The third-order valence-corrected chi connectivity index (χ3v) is 3.40. The lowest BCUT2D eigenvalue weighted by atomic mass is 10.2. The molecule has 1 aromatic rings. The van der Waals surface area contributed by atoms with Crippen molar-refractivity contribution in [1.29, 1.82) is 0 Å². The molecule has 0 heterocycles. The summed E-state index contributed by atoms with van der Waals surface area (Å²) in [6.07, 6.45) is 2.30. The van der Waals surface area contributed by atoms with Crippen LogP contribution in [0.15, 0.2) is 17.2 Å². The Hall–Kier alpha value is -0.970. The van der Waals surface area contributed by atoms with E-state index in [9.17, 15) is 4.79 Å². The summed E-state index contributed by atoms with van der Waals surface area (Å²) in [6, 6.07) is 3.09. The molecule has 0 aliphatic heterocycles. The van der Waals surface area contributed by atoms with Crippen LogP contribution in [-0.2, 0) is 9.53 Å². The molecule has 7 heteroatoms. The highest BCUT2D eigenvalue weighted by Gasteiger charge is 2.13. The van der Waals surface area contributed by atoms with Crippen LogP contribution in [0.5, 0.6) is 0 Å². The number of rotatable bonds is 7. The van der Waals surface area contributed by atoms with E-state index in [1.54, 1.807) is 19.1 Å². The maximum atomic E-state index is 11.8. The zero-order valence-corrected chi connectivity index (χ0v) is 14.1. The quantitative estimate of drug-likeness (QED) is 0.419. The van der Waals surface area contributed by atoms with Crippen molar-refractivity contribution in [2.24, 2.45) is 5.10 Å². The van der Waals surface area contributed by atoms with E-state index in [-0.39, 0.29) is 0 Å². The average molecular weight is 352 g/mol. The standard InChI is InChI=1S/C14H17Cl3N2O2/c1-3-5-6-12(14(20)21-4-2)18-19-13-10(16)7-9(15)8-11(13)17/h7-8,19H,3-6H2,1-2H3. The number of halogens is 3. The van der Waals surface area contributed by atoms with Gasteiger partial charge in [0.15, 0.2) is 0 Å². The second-order valence-electron chi connectivity index (χ2n) is 4.24. The number of ether oxygens (including phenoxy) is 1. The van der Waals surface area contributed by atoms with Gasteiger partial charge in [0, 0.05) is 5.02 Å². The van der Waals surface area contributed by atoms with Gasteiger partial charge in [-0.2, -0.15) is 5.10 Å². The molecule has 0 atom stereocenters. The Morgan fingerprint density at radius 3 is 2.38 bits per heavy atom. The predicted octanol–water partition coefficient (Wildman–Crippen LogP) is 5.17. The first kappa shape index (κ1) is 18.1. The minimum absolute atomic E-state index is 0.298. The number of carbonyl (C=O) groups is 1. The summed E-state index contributed by atoms with van der Waals surface area (Å²) in [7, 11) is 0. The highest BCUT2D eigenvalue weighted by Crippen LogP contribution is 2.33. The zero-order chi connectivity index (χ0) is 15.8. The van der Waals surface area contributed by atoms with Crippen molar-refractivity contribution < 1.29 is 9.53 Å². The lowest BCUT2D eigenvalue weighted by molar-refractivity contribution is -0.135. The predicted molar refractivity (Wildman–Crippen MR) is 88.7 cm³/mol. The van der Waals surface area contributed by atoms with E-state index < -0.39 is 5.97 Å². The summed E-state index contributed by atoms with van der Waals surface area (Å²) in [4.78, 5) is 11.8. The molecule has 0 saturated heterocycles. The van der Waals surface area contributed by atoms with Crippen LogP contribution in [0.4, 0.5) is 5.69 Å². The number of unbranched alkanes of at least 4 members (excludes halogenated alkanes) is 1. The van der Waals surface area contributed by atoms with Gasteiger partial charge in [-0.05, 0) is 31.9 Å². The van der Waals surface area contributed by atoms with Crippen molar-refractivity contribution in [3.8, 4) is 0 Å². The molecule has 0 aliphatic rings. The van der Waals surface area contributed by atoms with Crippen LogP contribution < -0.4 is 5.43 Å². The van der Waals surface area contributed by atoms with Crippen LogP contribution in [0.2, 0.25) is 15.1 Å². The van der Waals surface area contributed by atoms with Crippen LogP contribution in [0, 0.1) is 0 Å². The molecule has 0 amide bonds. The smallest absolute Gasteiger partial charge is 0.354 e. The fourth-order valence-corrected chi connectivity index (χ4v) is 2.44. The van der Waals surface area contributed by atoms with Gasteiger partial charge < -0.3 is 4.74 Å². The van der Waals surface area contributed by atoms with Crippen molar-refractivity contribution in [1.82, 2.24) is 0 Å². The van der Waals surface area contributed by atoms with Gasteiger partial charge in [-0.25, -0.2) is 4.79 Å². The summed E-state index contributed by atoms with van der Waals surface area (Å²) >= 11 is 17.9. The molecule has 0 spiro atoms. The Morgan fingerprint density at radius 1 is 1.24 bits per heavy atom. The number of esters is 1. The second kappa shape index (κ2) is 9.13. The molecule has 1 rings (SSSR count). The maximum Gasteiger partial charge on any atom is 0.354 e. The number of nitrogens with zero attached hydrogens (tertiary/aromatic N) is 1. The second-order valence-corrected chi connectivity index (χ2v) is 5.49. The lowest BCUT2D eigenvalue weighted by Crippen LogP contribution is -2.19. The van der Waals surface area contributed by atoms with Crippen LogP contribution in [-0.4, -0.2) is 18.3 Å². The van der Waals surface area contributed by atoms with Crippen molar-refractivity contribution in [3.63, 3.8) is 0 Å². The molecule has 0 aromatic heterocycles. The van der Waals surface area contributed by atoms with E-state index >= 15 is 0 Å². The van der Waals surface area contributed by atoms with Crippen LogP contribution >= 0.6 is 34.8 Å². The van der Waals surface area contributed by atoms with Crippen LogP contribution in [0.1, 0.15) is 33.1 Å². The molecule has 0 aliphatic carbocycles. The molecule has 1 aromatic carbocycles. The van der Waals surface area contributed by atoms with E-state index in [0.717, 1.165) is 12.8 Å². The van der Waals surface area contributed by atoms with Crippen molar-refractivity contribution >= 4 is 52.2 Å². The number of benzene rings is 1. The Labute approximate surface area is 139 Å². The molecular weight excluding hydrogens is 335 g/mol. The number of carbonyl (C=O) groups excluding carboxylic acids is 1. The average Bonchev–Trinajstić information content (AvgIpc) is 2.41. The maximum absolute atomic E-state index is 11.8. The fraction of sp³-hybridized carbons (Fsp3) is 0.429. The zero-order valence-electron chi connectivity index (χ0n) is 11.9. The molecule has 0 fully saturated rings. The SMILES string of the molecule is CCCCC(=NNc1c(Cl)cc(Cl)cc1Cl)C(=O)OCC. The first-order valence-corrected chi connectivity index (χ1v) is 7.77. The highest BCUT2D eigenvalue weighted by molar-refractivity contribution is 6.42. The van der Waals surface area contributed by atoms with Crippen LogP contribution in [0.3, 0.4) is 0 Å². The normalized spacial score (nSPS) is 11.4. The Kier molecular flexibility index (Phi) is 7.86.